The van der Waals surface area contributed by atoms with Crippen LogP contribution in [0.4, 0.5) is 17.3 Å². The molecule has 220 valence electrons. The van der Waals surface area contributed by atoms with Crippen LogP contribution in [-0.4, -0.2) is 70.2 Å². The average Bonchev–Trinajstić information content (AvgIpc) is 3.20. The molecule has 1 amide bonds. The molecular weight excluding hydrogens is 583 g/mol. The van der Waals surface area contributed by atoms with Crippen LogP contribution in [-0.2, 0) is 24.4 Å². The number of hydrogen-bond acceptors (Lipinski definition) is 9. The number of rotatable bonds is 11. The van der Waals surface area contributed by atoms with Gasteiger partial charge in [-0.05, 0) is 19.8 Å². The van der Waals surface area contributed by atoms with E-state index in [2.05, 4.69) is 24.4 Å². The van der Waals surface area contributed by atoms with Gasteiger partial charge in [-0.25, -0.2) is 19.1 Å². The molecule has 0 unspecified atom stereocenters. The SMILES string of the molecule is CCn1c(CNC(=O)c2nc(Cl)c(N)nc2N)[n+](CC2CCOCC2)c2cc(Cl)c(N(CCO)CCO)cc21.[Cl-]. The molecule has 1 saturated heterocycles. The van der Waals surface area contributed by atoms with Crippen molar-refractivity contribution < 1.29 is 36.7 Å². The van der Waals surface area contributed by atoms with Gasteiger partial charge in [-0.2, -0.15) is 0 Å². The molecule has 1 aliphatic heterocycles. The zero-order chi connectivity index (χ0) is 28.1. The number of aliphatic hydroxyl groups is 2. The van der Waals surface area contributed by atoms with E-state index in [9.17, 15) is 15.0 Å². The van der Waals surface area contributed by atoms with Crippen LogP contribution in [0.1, 0.15) is 36.1 Å². The molecule has 3 aromatic rings. The van der Waals surface area contributed by atoms with Crippen LogP contribution in [0, 0.1) is 5.92 Å². The number of aryl methyl sites for hydroxylation is 1. The Morgan fingerprint density at radius 3 is 2.48 bits per heavy atom. The second-order valence-electron chi connectivity index (χ2n) is 9.37. The van der Waals surface area contributed by atoms with Crippen LogP contribution in [0.15, 0.2) is 12.1 Å². The van der Waals surface area contributed by atoms with Crippen molar-refractivity contribution in [2.75, 3.05) is 55.9 Å². The Morgan fingerprint density at radius 1 is 1.18 bits per heavy atom. The summed E-state index contributed by atoms with van der Waals surface area (Å²) in [5.74, 6) is 0.581. The molecule has 3 heterocycles. The summed E-state index contributed by atoms with van der Waals surface area (Å²) < 4.78 is 9.88. The molecular formula is C25H35Cl3N8O4. The number of nitrogens with zero attached hydrogens (tertiary/aromatic N) is 5. The summed E-state index contributed by atoms with van der Waals surface area (Å²) in [4.78, 5) is 22.8. The summed E-state index contributed by atoms with van der Waals surface area (Å²) >= 11 is 12.8. The van der Waals surface area contributed by atoms with Crippen molar-refractivity contribution in [1.82, 2.24) is 19.9 Å². The maximum Gasteiger partial charge on any atom is 0.277 e. The first-order valence-corrected chi connectivity index (χ1v) is 13.7. The predicted octanol–water partition coefficient (Wildman–Crippen LogP) is -1.64. The average molecular weight is 618 g/mol. The third-order valence-corrected chi connectivity index (χ3v) is 7.53. The van der Waals surface area contributed by atoms with Crippen LogP contribution in [0.5, 0.6) is 0 Å². The van der Waals surface area contributed by atoms with Gasteiger partial charge in [-0.3, -0.25) is 4.79 Å². The van der Waals surface area contributed by atoms with E-state index in [1.807, 2.05) is 24.0 Å². The van der Waals surface area contributed by atoms with Gasteiger partial charge in [0.05, 0.1) is 37.0 Å². The van der Waals surface area contributed by atoms with E-state index >= 15 is 0 Å². The molecule has 4 rings (SSSR count). The van der Waals surface area contributed by atoms with Gasteiger partial charge in [0, 0.05) is 44.4 Å². The molecule has 0 bridgehead atoms. The normalized spacial score (nSPS) is 13.8. The summed E-state index contributed by atoms with van der Waals surface area (Å²) in [6.07, 6.45) is 1.86. The van der Waals surface area contributed by atoms with Crippen LogP contribution < -0.4 is 38.7 Å². The van der Waals surface area contributed by atoms with E-state index in [0.29, 0.717) is 49.5 Å². The minimum absolute atomic E-state index is 0. The number of aromatic nitrogens is 4. The molecule has 0 aliphatic carbocycles. The second-order valence-corrected chi connectivity index (χ2v) is 10.1. The summed E-state index contributed by atoms with van der Waals surface area (Å²) in [5.41, 5.74) is 14.0. The second kappa shape index (κ2) is 14.3. The fraction of sp³-hybridized carbons (Fsp3) is 0.520. The van der Waals surface area contributed by atoms with Crippen LogP contribution in [0.3, 0.4) is 0 Å². The number of nitrogen functional groups attached to an aromatic ring is 2. The molecule has 1 fully saturated rings. The molecule has 0 saturated carbocycles. The van der Waals surface area contributed by atoms with Crippen molar-refractivity contribution in [2.24, 2.45) is 5.92 Å². The summed E-state index contributed by atoms with van der Waals surface area (Å²) in [5, 5.41) is 22.5. The first kappa shape index (κ1) is 31.9. The number of anilines is 3. The lowest BCUT2D eigenvalue weighted by atomic mass is 10.0. The number of benzene rings is 1. The van der Waals surface area contributed by atoms with E-state index in [1.165, 1.54) is 0 Å². The molecule has 1 aliphatic rings. The number of nitrogens with two attached hydrogens (primary N) is 2. The number of amides is 1. The van der Waals surface area contributed by atoms with Crippen LogP contribution >= 0.6 is 23.2 Å². The number of nitrogens with one attached hydrogen (secondary N) is 1. The molecule has 15 heteroatoms. The van der Waals surface area contributed by atoms with Gasteiger partial charge in [0.15, 0.2) is 33.5 Å². The maximum absolute atomic E-state index is 13.1. The molecule has 0 spiro atoms. The number of fused-ring (bicyclic) bond motifs is 1. The molecule has 12 nitrogen and oxygen atoms in total. The number of carbonyl (C=O) groups is 1. The third kappa shape index (κ3) is 6.81. The van der Waals surface area contributed by atoms with Gasteiger partial charge in [-0.1, -0.05) is 23.2 Å². The Kier molecular flexibility index (Phi) is 11.4. The summed E-state index contributed by atoms with van der Waals surface area (Å²) in [6, 6.07) is 3.88. The zero-order valence-electron chi connectivity index (χ0n) is 22.2. The van der Waals surface area contributed by atoms with Crippen molar-refractivity contribution >= 4 is 57.5 Å². The van der Waals surface area contributed by atoms with Crippen molar-refractivity contribution in [3.8, 4) is 0 Å². The smallest absolute Gasteiger partial charge is 0.277 e. The van der Waals surface area contributed by atoms with Crippen LogP contribution in [0.25, 0.3) is 11.0 Å². The fourth-order valence-corrected chi connectivity index (χ4v) is 5.42. The molecule has 0 radical (unpaired) electrons. The largest absolute Gasteiger partial charge is 1.00 e. The Morgan fingerprint density at radius 2 is 1.85 bits per heavy atom. The molecule has 2 aromatic heterocycles. The van der Waals surface area contributed by atoms with Gasteiger partial charge in [-0.15, -0.1) is 0 Å². The molecule has 1 aromatic carbocycles. The molecule has 0 atom stereocenters. The Labute approximate surface area is 248 Å². The summed E-state index contributed by atoms with van der Waals surface area (Å²) in [7, 11) is 0. The lowest BCUT2D eigenvalue weighted by Gasteiger charge is -2.24. The minimum Gasteiger partial charge on any atom is -1.00 e. The van der Waals surface area contributed by atoms with Gasteiger partial charge in [0.1, 0.15) is 6.54 Å². The van der Waals surface area contributed by atoms with E-state index in [1.54, 1.807) is 0 Å². The first-order chi connectivity index (χ1) is 18.8. The van der Waals surface area contributed by atoms with Crippen LogP contribution in [0.2, 0.25) is 10.2 Å². The maximum atomic E-state index is 13.1. The van der Waals surface area contributed by atoms with Gasteiger partial charge in [0.25, 0.3) is 11.7 Å². The Bertz CT molecular complexity index is 1330. The zero-order valence-corrected chi connectivity index (χ0v) is 24.5. The summed E-state index contributed by atoms with van der Waals surface area (Å²) in [6.45, 7) is 5.48. The Balaban J connectivity index is 0.00000441. The molecule has 40 heavy (non-hydrogen) atoms. The standard InChI is InChI=1S/C25H34Cl2N8O4.ClH/c1-2-34-19-12-17(33(5-7-36)6-8-37)16(26)11-18(19)35(14-15-3-9-39-10-4-15)20(34)13-30-25(38)21-23(28)32-24(29)22(27)31-21;/h11-12,15,36-37H,2-10,13-14H2,1H3,(H4-,28,29,30,32,38);1H. The molecule has 7 N–H and O–H groups in total. The van der Waals surface area contributed by atoms with Crippen molar-refractivity contribution in [3.05, 3.63) is 33.8 Å². The minimum atomic E-state index is -0.525. The van der Waals surface area contributed by atoms with E-state index in [0.717, 1.165) is 36.2 Å². The number of ether oxygens (including phenoxy) is 1. The van der Waals surface area contributed by atoms with Gasteiger partial charge >= 0.3 is 0 Å². The van der Waals surface area contributed by atoms with Gasteiger partial charge < -0.3 is 49.0 Å². The first-order valence-electron chi connectivity index (χ1n) is 12.9. The van der Waals surface area contributed by atoms with E-state index < -0.39 is 5.91 Å². The monoisotopic (exact) mass is 616 g/mol. The topological polar surface area (TPSA) is 169 Å². The fourth-order valence-electron chi connectivity index (χ4n) is 5.02. The number of halogens is 3. The number of imidazole rings is 1. The highest BCUT2D eigenvalue weighted by molar-refractivity contribution is 6.34. The number of hydrogen-bond donors (Lipinski definition) is 5. The highest BCUT2D eigenvalue weighted by Gasteiger charge is 2.30. The number of aliphatic hydroxyl groups excluding tert-OH is 2. The quantitative estimate of drug-likeness (QED) is 0.159. The lowest BCUT2D eigenvalue weighted by molar-refractivity contribution is -0.687. The van der Waals surface area contributed by atoms with Crippen molar-refractivity contribution in [3.63, 3.8) is 0 Å². The Hall–Kier alpha value is -2.61. The number of carbonyl (C=O) groups excluding carboxylic acids is 1. The van der Waals surface area contributed by atoms with Gasteiger partial charge in [0.2, 0.25) is 0 Å². The third-order valence-electron chi connectivity index (χ3n) is 6.95. The highest BCUT2D eigenvalue weighted by Crippen LogP contribution is 2.32. The highest BCUT2D eigenvalue weighted by atomic mass is 35.5. The predicted molar refractivity (Wildman–Crippen MR) is 150 cm³/mol. The van der Waals surface area contributed by atoms with E-state index in [-0.39, 0.29) is 54.6 Å². The van der Waals surface area contributed by atoms with E-state index in [4.69, 9.17) is 39.4 Å². The lowest BCUT2D eigenvalue weighted by Crippen LogP contribution is -3.00. The van der Waals surface area contributed by atoms with Crippen molar-refractivity contribution in [1.29, 1.82) is 0 Å². The van der Waals surface area contributed by atoms with Crippen molar-refractivity contribution in [2.45, 2.75) is 39.4 Å².